The molecular weight excluding hydrogens is 950 g/mol. The van der Waals surface area contributed by atoms with Gasteiger partial charge in [0.1, 0.15) is 49.3 Å². The summed E-state index contributed by atoms with van der Waals surface area (Å²) in [6.45, 7) is 2.65. The number of phosphoric ester groups is 2. The van der Waals surface area contributed by atoms with Gasteiger partial charge in [-0.05, 0) is 13.8 Å². The highest BCUT2D eigenvalue weighted by atomic mass is 31.3. The normalized spacial score (nSPS) is 27.9. The van der Waals surface area contributed by atoms with Crippen LogP contribution >= 0.6 is 15.6 Å². The van der Waals surface area contributed by atoms with E-state index in [0.717, 1.165) is 0 Å². The van der Waals surface area contributed by atoms with Gasteiger partial charge >= 0.3 is 12.1 Å². The summed E-state index contributed by atoms with van der Waals surface area (Å²) in [5.74, 6) is 0.226. The summed E-state index contributed by atoms with van der Waals surface area (Å²) in [4.78, 5) is 76.9. The first-order chi connectivity index (χ1) is 33.4. The molecule has 2 aromatic carbocycles. The van der Waals surface area contributed by atoms with Gasteiger partial charge in [-0.25, -0.2) is 43.8 Å². The largest absolute Gasteiger partial charge is 0.756 e. The number of carbonyl (C=O) groups is 2. The molecule has 0 aliphatic carbocycles. The number of phosphoric acid groups is 2. The molecule has 69 heavy (non-hydrogen) atoms. The topological polar surface area (TPSA) is 333 Å². The van der Waals surface area contributed by atoms with E-state index in [1.54, 1.807) is 62.4 Å². The van der Waals surface area contributed by atoms with Crippen LogP contribution in [0.1, 0.15) is 50.0 Å². The van der Waals surface area contributed by atoms with Gasteiger partial charge in [-0.15, -0.1) is 0 Å². The van der Waals surface area contributed by atoms with Gasteiger partial charge in [0.25, 0.3) is 15.6 Å². The molecule has 4 N–H and O–H groups in total. The fourth-order valence-corrected chi connectivity index (χ4v) is 10.3. The molecule has 4 fully saturated rings. The van der Waals surface area contributed by atoms with Crippen molar-refractivity contribution >= 4 is 61.7 Å². The molecule has 4 aliphatic rings. The first-order valence-corrected chi connectivity index (χ1v) is 24.4. The monoisotopic (exact) mass is 992 g/mol. The Balaban J connectivity index is 0.832. The summed E-state index contributed by atoms with van der Waals surface area (Å²) in [6.07, 6.45) is -4.85. The van der Waals surface area contributed by atoms with Gasteiger partial charge in [-0.1, -0.05) is 60.7 Å². The summed E-state index contributed by atoms with van der Waals surface area (Å²) in [7, 11) is -11.4. The van der Waals surface area contributed by atoms with Gasteiger partial charge in [0.05, 0.1) is 25.9 Å². The van der Waals surface area contributed by atoms with Gasteiger partial charge in [-0.2, -0.15) is 0 Å². The summed E-state index contributed by atoms with van der Waals surface area (Å²) in [6, 6.07) is 16.9. The minimum Gasteiger partial charge on any atom is -0.756 e. The molecule has 4 aliphatic heterocycles. The summed E-state index contributed by atoms with van der Waals surface area (Å²) in [5.41, 5.74) is 2.21. The van der Waals surface area contributed by atoms with E-state index < -0.39 is 103 Å². The second kappa shape index (κ2) is 19.5. The Morgan fingerprint density at radius 2 is 1.00 bits per heavy atom. The van der Waals surface area contributed by atoms with Crippen molar-refractivity contribution in [1.82, 2.24) is 49.7 Å². The maximum absolute atomic E-state index is 13.3. The number of ether oxygens (including phenoxy) is 6. The molecule has 29 heteroatoms. The van der Waals surface area contributed by atoms with Crippen molar-refractivity contribution in [3.63, 3.8) is 0 Å². The van der Waals surface area contributed by atoms with Crippen LogP contribution in [-0.2, 0) is 50.9 Å². The number of nitrogens with one attached hydrogen (secondary N) is 4. The Bertz CT molecular complexity index is 2730. The first kappa shape index (κ1) is 46.8. The highest BCUT2D eigenvalue weighted by Crippen LogP contribution is 2.57. The number of nitrogens with zero attached hydrogens (tertiary/aromatic N) is 8. The molecule has 6 aromatic rings. The second-order valence-corrected chi connectivity index (χ2v) is 18.6. The minimum atomic E-state index is -5.72. The molecule has 10 rings (SSSR count). The number of rotatable bonds is 16. The highest BCUT2D eigenvalue weighted by Gasteiger charge is 2.56. The molecule has 4 aromatic heterocycles. The van der Waals surface area contributed by atoms with E-state index in [0.29, 0.717) is 24.2 Å². The van der Waals surface area contributed by atoms with Gasteiger partial charge in [0.2, 0.25) is 0 Å². The zero-order chi connectivity index (χ0) is 47.9. The van der Waals surface area contributed by atoms with Crippen LogP contribution in [0.25, 0.3) is 22.3 Å². The summed E-state index contributed by atoms with van der Waals surface area (Å²) >= 11 is 0. The van der Waals surface area contributed by atoms with Crippen LogP contribution in [0.3, 0.4) is 0 Å². The lowest BCUT2D eigenvalue weighted by Gasteiger charge is -2.32. The molecule has 7 unspecified atom stereocenters. The van der Waals surface area contributed by atoms with E-state index in [4.69, 9.17) is 37.5 Å². The van der Waals surface area contributed by atoms with E-state index in [2.05, 4.69) is 55.5 Å². The predicted octanol–water partition coefficient (Wildman–Crippen LogP) is 2.70. The summed E-state index contributed by atoms with van der Waals surface area (Å²) in [5, 5.41) is 10.5. The first-order valence-electron chi connectivity index (χ1n) is 21.5. The van der Waals surface area contributed by atoms with Crippen molar-refractivity contribution in [2.75, 3.05) is 36.9 Å². The number of carbonyl (C=O) groups excluding carboxylic acids is 2. The Morgan fingerprint density at radius 1 is 0.594 bits per heavy atom. The lowest BCUT2D eigenvalue weighted by molar-refractivity contribution is -0.247. The second-order valence-electron chi connectivity index (χ2n) is 15.6. The fourth-order valence-electron chi connectivity index (χ4n) is 8.30. The van der Waals surface area contributed by atoms with Crippen LogP contribution < -0.4 is 31.1 Å². The fraction of sp³-hybridized carbons (Fsp3) is 0.400. The molecule has 0 spiro atoms. The number of urea groups is 2. The molecule has 4 amide bonds. The van der Waals surface area contributed by atoms with Gasteiger partial charge in [0, 0.05) is 24.2 Å². The third kappa shape index (κ3) is 9.70. The molecule has 12 atom stereocenters. The minimum absolute atomic E-state index is 0.113. The molecule has 0 radical (unpaired) electrons. The maximum Gasteiger partial charge on any atom is 0.320 e. The van der Waals surface area contributed by atoms with Crippen molar-refractivity contribution in [2.24, 2.45) is 0 Å². The average Bonchev–Trinajstić information content (AvgIpc) is 4.20. The third-order valence-electron chi connectivity index (χ3n) is 11.2. The zero-order valence-corrected chi connectivity index (χ0v) is 38.1. The molecule has 27 nitrogen and oxygen atoms in total. The van der Waals surface area contributed by atoms with Gasteiger partial charge in [0.15, 0.2) is 59.0 Å². The van der Waals surface area contributed by atoms with E-state index >= 15 is 0 Å². The van der Waals surface area contributed by atoms with E-state index in [9.17, 15) is 28.5 Å². The van der Waals surface area contributed by atoms with Crippen molar-refractivity contribution in [3.05, 3.63) is 97.1 Å². The van der Waals surface area contributed by atoms with Gasteiger partial charge in [-0.3, -0.25) is 28.9 Å². The third-order valence-corrected chi connectivity index (χ3v) is 13.8. The number of hydrogen-bond acceptors (Lipinski definition) is 21. The molecule has 4 saturated heterocycles. The molecular formula is C40H42N12O15P2-2. The van der Waals surface area contributed by atoms with Gasteiger partial charge < -0.3 is 57.9 Å². The van der Waals surface area contributed by atoms with Crippen molar-refractivity contribution < 1.29 is 70.3 Å². The van der Waals surface area contributed by atoms with Crippen LogP contribution in [0.15, 0.2) is 86.0 Å². The van der Waals surface area contributed by atoms with Crippen LogP contribution in [-0.4, -0.2) is 114 Å². The van der Waals surface area contributed by atoms with E-state index in [1.165, 1.54) is 34.4 Å². The smallest absolute Gasteiger partial charge is 0.320 e. The number of anilines is 2. The standard InChI is InChI=1S/C40H44N12O15P2/c1-3-41-39(53)49-31-25-33(45-17-43-31)51(19-47-25)35-29-27(63-37(65-29)21-11-7-5-8-12-21)23(61-35)15-59-68(55,56)67-69(57,58)60-16-24-28-30(66-38(64-28)22-13-9-6-10-14-22)36(62-24)52-20-48-26-32(44-18-46-34(26)52)50-40(54)42-4-2/h5-14,17-20,23-24,27-30,35-38H,3-4,15-16H2,1-2H3,(H,55,56)(H,57,58)(H2,41,43,45,49,53)(H2,42,44,46,50,54)/p-2/t23-,24-,27?,28?,29+,30?,35-,36-,37?,38?/m1/s1. The lowest BCUT2D eigenvalue weighted by Crippen LogP contribution is -2.33. The predicted molar refractivity (Wildman–Crippen MR) is 230 cm³/mol. The zero-order valence-electron chi connectivity index (χ0n) is 36.3. The number of imidazole rings is 2. The number of benzene rings is 2. The Hall–Kier alpha value is -5.90. The Kier molecular flexibility index (Phi) is 13.2. The Labute approximate surface area is 390 Å². The molecule has 0 bridgehead atoms. The average molecular weight is 993 g/mol. The van der Waals surface area contributed by atoms with Crippen LogP contribution in [0, 0.1) is 0 Å². The Morgan fingerprint density at radius 3 is 1.41 bits per heavy atom. The lowest BCUT2D eigenvalue weighted by atomic mass is 10.1. The van der Waals surface area contributed by atoms with Crippen LogP contribution in [0.2, 0.25) is 0 Å². The van der Waals surface area contributed by atoms with Crippen molar-refractivity contribution in [3.8, 4) is 0 Å². The molecule has 364 valence electrons. The summed E-state index contributed by atoms with van der Waals surface area (Å²) < 4.78 is 82.0. The van der Waals surface area contributed by atoms with Crippen LogP contribution in [0.4, 0.5) is 21.2 Å². The van der Waals surface area contributed by atoms with Crippen molar-refractivity contribution in [2.45, 2.75) is 75.5 Å². The number of hydrogen-bond donors (Lipinski definition) is 4. The van der Waals surface area contributed by atoms with E-state index in [-0.39, 0.29) is 34.0 Å². The highest BCUT2D eigenvalue weighted by molar-refractivity contribution is 7.59. The van der Waals surface area contributed by atoms with Crippen LogP contribution in [0.5, 0.6) is 0 Å². The van der Waals surface area contributed by atoms with E-state index in [1.807, 2.05) is 12.1 Å². The maximum atomic E-state index is 13.3. The SMILES string of the molecule is CCNC(=O)Nc1ncnc2c1ncn2[C@@H]1O[C@H](COP(=O)([O-])OP(=O)([O-])OC[C@H]2O[C@@H](n3cnc4c(NC(=O)NCC)ncnc43)[C@H]3OC(c4ccccc4)OC23)C2OC(c3ccccc3)OC21. The molecule has 0 saturated carbocycles. The quantitative estimate of drug-likeness (QED) is 0.101. The number of aromatic nitrogens is 8. The molecule has 8 heterocycles. The number of fused-ring (bicyclic) bond motifs is 4. The number of amides is 4. The van der Waals surface area contributed by atoms with Crippen molar-refractivity contribution in [1.29, 1.82) is 0 Å².